The van der Waals surface area contributed by atoms with Crippen molar-refractivity contribution in [3.8, 4) is 0 Å². The van der Waals surface area contributed by atoms with Crippen molar-refractivity contribution in [3.05, 3.63) is 12.7 Å². The normalized spacial score (nSPS) is 12.7. The van der Waals surface area contributed by atoms with Crippen LogP contribution < -0.4 is 0 Å². The van der Waals surface area contributed by atoms with Crippen molar-refractivity contribution in [2.75, 3.05) is 46.0 Å². The molecular weight excluding hydrogens is 366 g/mol. The lowest BCUT2D eigenvalue weighted by atomic mass is 10.1. The predicted octanol–water partition coefficient (Wildman–Crippen LogP) is 4.87. The van der Waals surface area contributed by atoms with Crippen LogP contribution in [0.3, 0.4) is 0 Å². The first-order chi connectivity index (χ1) is 14.0. The van der Waals surface area contributed by atoms with Gasteiger partial charge in [-0.3, -0.25) is 0 Å². The largest absolute Gasteiger partial charge is 0.457 e. The molecule has 0 aromatic heterocycles. The summed E-state index contributed by atoms with van der Waals surface area (Å²) in [5.41, 5.74) is 0. The highest BCUT2D eigenvalue weighted by molar-refractivity contribution is 5.81. The van der Waals surface area contributed by atoms with E-state index in [4.69, 9.17) is 9.47 Å². The molecule has 5 nitrogen and oxygen atoms in total. The smallest absolute Gasteiger partial charge is 0.330 e. The molecule has 0 saturated carbocycles. The van der Waals surface area contributed by atoms with Gasteiger partial charge in [-0.15, -0.1) is 0 Å². The number of esters is 1. The zero-order valence-electron chi connectivity index (χ0n) is 19.5. The number of ether oxygens (including phenoxy) is 2. The van der Waals surface area contributed by atoms with E-state index in [0.717, 1.165) is 26.1 Å². The van der Waals surface area contributed by atoms with Gasteiger partial charge in [0, 0.05) is 12.7 Å². The fraction of sp³-hybridized carbons (Fsp3) is 0.875. The van der Waals surface area contributed by atoms with Crippen LogP contribution in [0, 0.1) is 0 Å². The summed E-state index contributed by atoms with van der Waals surface area (Å²) in [5, 5.41) is 10.4. The van der Waals surface area contributed by atoms with Gasteiger partial charge in [0.15, 0.2) is 0 Å². The van der Waals surface area contributed by atoms with Crippen molar-refractivity contribution in [2.24, 2.45) is 0 Å². The van der Waals surface area contributed by atoms with Gasteiger partial charge < -0.3 is 19.1 Å². The average Bonchev–Trinajstić information content (AvgIpc) is 2.73. The molecule has 0 aromatic rings. The maximum Gasteiger partial charge on any atom is 0.330 e. The van der Waals surface area contributed by atoms with E-state index in [-0.39, 0.29) is 0 Å². The zero-order valence-corrected chi connectivity index (χ0v) is 19.5. The predicted molar refractivity (Wildman–Crippen MR) is 121 cm³/mol. The molecule has 0 aliphatic carbocycles. The van der Waals surface area contributed by atoms with Crippen LogP contribution in [0.2, 0.25) is 0 Å². The number of aliphatic hydroxyl groups is 1. The molecule has 1 atom stereocenters. The summed E-state index contributed by atoms with van der Waals surface area (Å²) in [6.45, 7) is 14.4. The lowest BCUT2D eigenvalue weighted by Crippen LogP contribution is -2.54. The molecule has 0 heterocycles. The highest BCUT2D eigenvalue weighted by atomic mass is 16.5. The molecule has 0 bridgehead atoms. The van der Waals surface area contributed by atoms with E-state index in [2.05, 4.69) is 27.4 Å². The molecule has 29 heavy (non-hydrogen) atoms. The molecular formula is C24H48NO4+. The standard InChI is InChI=1S/C24H48NO4/c1-5-9-10-11-12-13-14-15-16-17-19-28-22-23(26)21-25(7-3,8-4)18-20-29-24(27)6-2/h6,23,26H,2,5,7-22H2,1,3-4H3/q+1. The fourth-order valence-corrected chi connectivity index (χ4v) is 3.70. The fourth-order valence-electron chi connectivity index (χ4n) is 3.70. The maximum atomic E-state index is 11.2. The Bertz CT molecular complexity index is 396. The third-order valence-electron chi connectivity index (χ3n) is 5.87. The van der Waals surface area contributed by atoms with E-state index in [1.165, 1.54) is 63.9 Å². The minimum atomic E-state index is -0.492. The van der Waals surface area contributed by atoms with Crippen molar-refractivity contribution in [3.63, 3.8) is 0 Å². The molecule has 0 spiro atoms. The summed E-state index contributed by atoms with van der Waals surface area (Å²) < 4.78 is 11.5. The lowest BCUT2D eigenvalue weighted by molar-refractivity contribution is -0.927. The molecule has 0 rings (SSSR count). The molecule has 0 aromatic carbocycles. The van der Waals surface area contributed by atoms with Crippen LogP contribution in [0.15, 0.2) is 12.7 Å². The van der Waals surface area contributed by atoms with Crippen molar-refractivity contribution in [1.29, 1.82) is 0 Å². The number of quaternary nitrogens is 1. The quantitative estimate of drug-likeness (QED) is 0.126. The van der Waals surface area contributed by atoms with Gasteiger partial charge in [0.25, 0.3) is 0 Å². The van der Waals surface area contributed by atoms with Crippen LogP contribution in [-0.2, 0) is 14.3 Å². The summed E-state index contributed by atoms with van der Waals surface area (Å²) in [5.74, 6) is -0.393. The van der Waals surface area contributed by atoms with Crippen LogP contribution in [0.5, 0.6) is 0 Å². The number of aliphatic hydroxyl groups excluding tert-OH is 1. The Kier molecular flexibility index (Phi) is 18.5. The van der Waals surface area contributed by atoms with E-state index in [1.54, 1.807) is 0 Å². The lowest BCUT2D eigenvalue weighted by Gasteiger charge is -2.38. The first-order valence-corrected chi connectivity index (χ1v) is 11.9. The van der Waals surface area contributed by atoms with E-state index in [0.29, 0.717) is 30.8 Å². The van der Waals surface area contributed by atoms with Crippen molar-refractivity contribution in [2.45, 2.75) is 91.1 Å². The molecule has 1 N–H and O–H groups in total. The molecule has 172 valence electrons. The summed E-state index contributed by atoms with van der Waals surface area (Å²) in [7, 11) is 0. The Labute approximate surface area is 180 Å². The maximum absolute atomic E-state index is 11.2. The number of likely N-dealkylation sites (N-methyl/N-ethyl adjacent to an activating group) is 1. The Balaban J connectivity index is 3.79. The van der Waals surface area contributed by atoms with Crippen molar-refractivity contribution >= 4 is 5.97 Å². The number of carbonyl (C=O) groups is 1. The Hall–Kier alpha value is -0.910. The van der Waals surface area contributed by atoms with E-state index < -0.39 is 12.1 Å². The Morgan fingerprint density at radius 1 is 0.931 bits per heavy atom. The van der Waals surface area contributed by atoms with Gasteiger partial charge in [-0.2, -0.15) is 0 Å². The molecule has 1 unspecified atom stereocenters. The van der Waals surface area contributed by atoms with Gasteiger partial charge in [0.2, 0.25) is 0 Å². The topological polar surface area (TPSA) is 55.8 Å². The number of rotatable bonds is 21. The Morgan fingerprint density at radius 2 is 1.48 bits per heavy atom. The third kappa shape index (κ3) is 15.6. The summed E-state index contributed by atoms with van der Waals surface area (Å²) in [6.07, 6.45) is 13.8. The number of unbranched alkanes of at least 4 members (excludes halogenated alkanes) is 9. The Morgan fingerprint density at radius 3 is 2.00 bits per heavy atom. The van der Waals surface area contributed by atoms with Gasteiger partial charge in [-0.05, 0) is 20.3 Å². The summed E-state index contributed by atoms with van der Waals surface area (Å²) in [4.78, 5) is 11.2. The van der Waals surface area contributed by atoms with Crippen LogP contribution in [-0.4, -0.2) is 67.7 Å². The van der Waals surface area contributed by atoms with Gasteiger partial charge >= 0.3 is 5.97 Å². The second-order valence-corrected chi connectivity index (χ2v) is 8.16. The summed E-state index contributed by atoms with van der Waals surface area (Å²) >= 11 is 0. The molecule has 5 heteroatoms. The second kappa shape index (κ2) is 19.1. The van der Waals surface area contributed by atoms with Crippen molar-refractivity contribution in [1.82, 2.24) is 0 Å². The van der Waals surface area contributed by atoms with Crippen LogP contribution in [0.1, 0.15) is 85.0 Å². The minimum Gasteiger partial charge on any atom is -0.457 e. The van der Waals surface area contributed by atoms with Crippen molar-refractivity contribution < 1.29 is 23.9 Å². The highest BCUT2D eigenvalue weighted by Crippen LogP contribution is 2.11. The monoisotopic (exact) mass is 414 g/mol. The zero-order chi connectivity index (χ0) is 21.8. The van der Waals surface area contributed by atoms with E-state index in [9.17, 15) is 9.90 Å². The highest BCUT2D eigenvalue weighted by Gasteiger charge is 2.27. The van der Waals surface area contributed by atoms with Gasteiger partial charge in [0.1, 0.15) is 25.8 Å². The molecule has 0 saturated heterocycles. The van der Waals surface area contributed by atoms with Gasteiger partial charge in [-0.25, -0.2) is 4.79 Å². The first-order valence-electron chi connectivity index (χ1n) is 11.9. The van der Waals surface area contributed by atoms with Gasteiger partial charge in [-0.1, -0.05) is 71.3 Å². The number of carbonyl (C=O) groups excluding carboxylic acids is 1. The average molecular weight is 415 g/mol. The van der Waals surface area contributed by atoms with Gasteiger partial charge in [0.05, 0.1) is 19.7 Å². The molecule has 0 aliphatic rings. The molecule has 0 fully saturated rings. The molecule has 0 amide bonds. The number of hydrogen-bond donors (Lipinski definition) is 1. The SMILES string of the molecule is C=CC(=O)OCC[N+](CC)(CC)CC(O)COCCCCCCCCCCCC. The third-order valence-corrected chi connectivity index (χ3v) is 5.87. The van der Waals surface area contributed by atoms with Crippen LogP contribution in [0.4, 0.5) is 0 Å². The summed E-state index contributed by atoms with van der Waals surface area (Å²) in [6, 6.07) is 0. The molecule has 0 aliphatic heterocycles. The first kappa shape index (κ1) is 28.1. The number of nitrogens with zero attached hydrogens (tertiary/aromatic N) is 1. The molecule has 0 radical (unpaired) electrons. The minimum absolute atomic E-state index is 0.346. The van der Waals surface area contributed by atoms with Crippen LogP contribution >= 0.6 is 0 Å². The van der Waals surface area contributed by atoms with Crippen LogP contribution in [0.25, 0.3) is 0 Å². The van der Waals surface area contributed by atoms with E-state index in [1.807, 2.05) is 0 Å². The number of hydrogen-bond acceptors (Lipinski definition) is 4. The van der Waals surface area contributed by atoms with E-state index >= 15 is 0 Å². The second-order valence-electron chi connectivity index (χ2n) is 8.16.